The zero-order valence-corrected chi connectivity index (χ0v) is 10.1. The largest absolute Gasteiger partial charge is 0.321 e. The third kappa shape index (κ3) is 2.40. The van der Waals surface area contributed by atoms with Gasteiger partial charge >= 0.3 is 0 Å². The summed E-state index contributed by atoms with van der Waals surface area (Å²) in [4.78, 5) is 8.52. The van der Waals surface area contributed by atoms with Crippen molar-refractivity contribution in [1.29, 1.82) is 0 Å². The molecule has 1 heterocycles. The topological polar surface area (TPSA) is 51.8 Å². The molecule has 0 spiro atoms. The quantitative estimate of drug-likeness (QED) is 0.831. The van der Waals surface area contributed by atoms with Crippen molar-refractivity contribution < 1.29 is 0 Å². The predicted molar refractivity (Wildman–Crippen MR) is 64.6 cm³/mol. The molecule has 0 aromatic carbocycles. The van der Waals surface area contributed by atoms with Gasteiger partial charge in [-0.1, -0.05) is 20.3 Å². The predicted octanol–water partition coefficient (Wildman–Crippen LogP) is 2.55. The molecule has 16 heavy (non-hydrogen) atoms. The molecule has 4 unspecified atom stereocenters. The number of aromatic nitrogens is 2. The highest BCUT2D eigenvalue weighted by Gasteiger charge is 2.30. The van der Waals surface area contributed by atoms with Gasteiger partial charge in [0, 0.05) is 12.4 Å². The van der Waals surface area contributed by atoms with Crippen LogP contribution < -0.4 is 5.73 Å². The Hall–Kier alpha value is -0.960. The number of nitrogens with zero attached hydrogens (tertiary/aromatic N) is 2. The van der Waals surface area contributed by atoms with E-state index in [2.05, 4.69) is 23.8 Å². The fraction of sp³-hybridized carbons (Fsp3) is 0.692. The Balaban J connectivity index is 2.03. The van der Waals surface area contributed by atoms with Gasteiger partial charge in [0.25, 0.3) is 0 Å². The van der Waals surface area contributed by atoms with Crippen molar-refractivity contribution in [2.45, 2.75) is 39.2 Å². The zero-order chi connectivity index (χ0) is 11.5. The molecule has 3 nitrogen and oxygen atoms in total. The second-order valence-electron chi connectivity index (χ2n) is 5.16. The lowest BCUT2D eigenvalue weighted by molar-refractivity contribution is 0.183. The van der Waals surface area contributed by atoms with Gasteiger partial charge in [0.15, 0.2) is 0 Å². The molecule has 1 aliphatic carbocycles. The maximum atomic E-state index is 6.25. The van der Waals surface area contributed by atoms with Gasteiger partial charge in [-0.15, -0.1) is 0 Å². The lowest BCUT2D eigenvalue weighted by Gasteiger charge is -2.34. The summed E-state index contributed by atoms with van der Waals surface area (Å²) in [5.74, 6) is 2.96. The molecule has 0 saturated heterocycles. The molecule has 1 fully saturated rings. The van der Waals surface area contributed by atoms with E-state index in [9.17, 15) is 0 Å². The van der Waals surface area contributed by atoms with Gasteiger partial charge in [0.05, 0.1) is 6.04 Å². The van der Waals surface area contributed by atoms with Gasteiger partial charge in [0.1, 0.15) is 5.82 Å². The van der Waals surface area contributed by atoms with Gasteiger partial charge in [-0.25, -0.2) is 9.97 Å². The molecular weight excluding hydrogens is 198 g/mol. The summed E-state index contributed by atoms with van der Waals surface area (Å²) in [6, 6.07) is 1.85. The smallest absolute Gasteiger partial charge is 0.145 e. The van der Waals surface area contributed by atoms with Crippen molar-refractivity contribution in [3.63, 3.8) is 0 Å². The number of rotatable bonds is 2. The first-order chi connectivity index (χ1) is 7.68. The van der Waals surface area contributed by atoms with Gasteiger partial charge in [0.2, 0.25) is 0 Å². The second-order valence-corrected chi connectivity index (χ2v) is 5.16. The first-order valence-corrected chi connectivity index (χ1v) is 6.21. The Kier molecular flexibility index (Phi) is 3.54. The van der Waals surface area contributed by atoms with E-state index in [1.54, 1.807) is 12.4 Å². The molecule has 1 saturated carbocycles. The van der Waals surface area contributed by atoms with Crippen LogP contribution in [0.25, 0.3) is 0 Å². The van der Waals surface area contributed by atoms with E-state index in [1.165, 1.54) is 19.3 Å². The third-order valence-corrected chi connectivity index (χ3v) is 4.03. The average molecular weight is 219 g/mol. The zero-order valence-electron chi connectivity index (χ0n) is 10.1. The van der Waals surface area contributed by atoms with Crippen molar-refractivity contribution in [3.05, 3.63) is 24.3 Å². The van der Waals surface area contributed by atoms with Crippen LogP contribution in [0.3, 0.4) is 0 Å². The van der Waals surface area contributed by atoms with E-state index in [4.69, 9.17) is 5.73 Å². The summed E-state index contributed by atoms with van der Waals surface area (Å²) in [5, 5.41) is 0. The summed E-state index contributed by atoms with van der Waals surface area (Å²) < 4.78 is 0. The molecule has 2 rings (SSSR count). The molecule has 1 aromatic heterocycles. The van der Waals surface area contributed by atoms with Crippen molar-refractivity contribution >= 4 is 0 Å². The Morgan fingerprint density at radius 1 is 1.19 bits per heavy atom. The van der Waals surface area contributed by atoms with E-state index < -0.39 is 0 Å². The van der Waals surface area contributed by atoms with Crippen molar-refractivity contribution in [2.75, 3.05) is 0 Å². The first-order valence-electron chi connectivity index (χ1n) is 6.21. The highest BCUT2D eigenvalue weighted by molar-refractivity contribution is 4.98. The maximum absolute atomic E-state index is 6.25. The van der Waals surface area contributed by atoms with Crippen LogP contribution in [0.15, 0.2) is 18.5 Å². The van der Waals surface area contributed by atoms with E-state index in [1.807, 2.05) is 6.07 Å². The first kappa shape index (κ1) is 11.5. The summed E-state index contributed by atoms with van der Waals surface area (Å²) in [7, 11) is 0. The van der Waals surface area contributed by atoms with Crippen LogP contribution in [0.1, 0.15) is 45.0 Å². The summed E-state index contributed by atoms with van der Waals surface area (Å²) in [6.45, 7) is 4.67. The third-order valence-electron chi connectivity index (χ3n) is 4.03. The second kappa shape index (κ2) is 4.91. The van der Waals surface area contributed by atoms with Gasteiger partial charge < -0.3 is 5.73 Å². The molecule has 0 radical (unpaired) electrons. The number of nitrogens with two attached hydrogens (primary N) is 1. The van der Waals surface area contributed by atoms with Crippen LogP contribution in [-0.2, 0) is 0 Å². The average Bonchev–Trinajstić information content (AvgIpc) is 2.33. The normalized spacial score (nSPS) is 32.3. The molecule has 1 aromatic rings. The van der Waals surface area contributed by atoms with Crippen molar-refractivity contribution in [3.8, 4) is 0 Å². The van der Waals surface area contributed by atoms with Crippen molar-refractivity contribution in [2.24, 2.45) is 23.5 Å². The summed E-state index contributed by atoms with van der Waals surface area (Å²) >= 11 is 0. The van der Waals surface area contributed by atoms with E-state index >= 15 is 0 Å². The number of hydrogen-bond donors (Lipinski definition) is 1. The Labute approximate surface area is 97.5 Å². The molecule has 2 N–H and O–H groups in total. The molecular formula is C13H21N3. The minimum Gasteiger partial charge on any atom is -0.321 e. The van der Waals surface area contributed by atoms with Crippen LogP contribution in [0, 0.1) is 17.8 Å². The Morgan fingerprint density at radius 2 is 1.88 bits per heavy atom. The van der Waals surface area contributed by atoms with Gasteiger partial charge in [-0.2, -0.15) is 0 Å². The van der Waals surface area contributed by atoms with Crippen LogP contribution in [-0.4, -0.2) is 9.97 Å². The molecule has 3 heteroatoms. The fourth-order valence-electron chi connectivity index (χ4n) is 2.61. The molecule has 4 atom stereocenters. The minimum absolute atomic E-state index is 0.0103. The minimum atomic E-state index is 0.0103. The highest BCUT2D eigenvalue weighted by atomic mass is 14.9. The van der Waals surface area contributed by atoms with Crippen LogP contribution in [0.4, 0.5) is 0 Å². The molecule has 88 valence electrons. The summed E-state index contributed by atoms with van der Waals surface area (Å²) in [6.07, 6.45) is 7.26. The van der Waals surface area contributed by atoms with E-state index in [0.29, 0.717) is 5.92 Å². The van der Waals surface area contributed by atoms with E-state index in [0.717, 1.165) is 17.7 Å². The standard InChI is InChI=1S/C13H21N3/c1-9-4-5-11(8-10(9)2)12(14)13-15-6-3-7-16-13/h3,6-7,9-12H,4-5,8,14H2,1-2H3. The van der Waals surface area contributed by atoms with Crippen LogP contribution >= 0.6 is 0 Å². The van der Waals surface area contributed by atoms with Crippen molar-refractivity contribution in [1.82, 2.24) is 9.97 Å². The SMILES string of the molecule is CC1CCC(C(N)c2ncccn2)CC1C. The highest BCUT2D eigenvalue weighted by Crippen LogP contribution is 2.37. The van der Waals surface area contributed by atoms with Gasteiger partial charge in [-0.05, 0) is 36.7 Å². The maximum Gasteiger partial charge on any atom is 0.145 e. The monoisotopic (exact) mass is 219 g/mol. The Bertz CT molecular complexity index is 325. The summed E-state index contributed by atoms with van der Waals surface area (Å²) in [5.41, 5.74) is 6.25. The number of hydrogen-bond acceptors (Lipinski definition) is 3. The molecule has 1 aliphatic rings. The van der Waals surface area contributed by atoms with E-state index in [-0.39, 0.29) is 6.04 Å². The fourth-order valence-corrected chi connectivity index (χ4v) is 2.61. The van der Waals surface area contributed by atoms with Crippen LogP contribution in [0.5, 0.6) is 0 Å². The Morgan fingerprint density at radius 3 is 2.50 bits per heavy atom. The lowest BCUT2D eigenvalue weighted by atomic mass is 9.73. The molecule has 0 aliphatic heterocycles. The van der Waals surface area contributed by atoms with Crippen LogP contribution in [0.2, 0.25) is 0 Å². The lowest BCUT2D eigenvalue weighted by Crippen LogP contribution is -2.30. The molecule has 0 bridgehead atoms. The molecule has 0 amide bonds. The van der Waals surface area contributed by atoms with Gasteiger partial charge in [-0.3, -0.25) is 0 Å².